The highest BCUT2D eigenvalue weighted by atomic mass is 16.8. The zero-order valence-electron chi connectivity index (χ0n) is 13.7. The molecule has 0 N–H and O–H groups in total. The van der Waals surface area contributed by atoms with Crippen molar-refractivity contribution in [2.75, 3.05) is 0 Å². The van der Waals surface area contributed by atoms with E-state index in [-0.39, 0.29) is 30.7 Å². The fourth-order valence-corrected chi connectivity index (χ4v) is 3.15. The Bertz CT molecular complexity index is 602. The van der Waals surface area contributed by atoms with Gasteiger partial charge < -0.3 is 18.9 Å². The summed E-state index contributed by atoms with van der Waals surface area (Å²) in [6, 6.07) is 20.3. The number of epoxide rings is 1. The molecule has 2 heterocycles. The van der Waals surface area contributed by atoms with Crippen molar-refractivity contribution >= 4 is 0 Å². The number of fused-ring (bicyclic) bond motifs is 1. The summed E-state index contributed by atoms with van der Waals surface area (Å²) in [7, 11) is 0. The summed E-state index contributed by atoms with van der Waals surface area (Å²) in [6.07, 6.45) is -0.471. The zero-order valence-corrected chi connectivity index (χ0v) is 13.7. The molecule has 4 heteroatoms. The van der Waals surface area contributed by atoms with E-state index >= 15 is 0 Å². The van der Waals surface area contributed by atoms with Crippen LogP contribution < -0.4 is 0 Å². The molecule has 5 atom stereocenters. The molecule has 0 spiro atoms. The maximum absolute atomic E-state index is 6.16. The summed E-state index contributed by atoms with van der Waals surface area (Å²) in [5.74, 6) is 0. The number of hydrogen-bond acceptors (Lipinski definition) is 4. The van der Waals surface area contributed by atoms with Gasteiger partial charge in [0.05, 0.1) is 19.3 Å². The van der Waals surface area contributed by atoms with Crippen LogP contribution in [0.25, 0.3) is 0 Å². The van der Waals surface area contributed by atoms with Crippen LogP contribution in [0.5, 0.6) is 0 Å². The number of hydrogen-bond donors (Lipinski definition) is 0. The van der Waals surface area contributed by atoms with E-state index in [0.29, 0.717) is 13.2 Å². The first-order chi connectivity index (χ1) is 11.8. The third-order valence-electron chi connectivity index (χ3n) is 4.51. The Hall–Kier alpha value is -1.72. The van der Waals surface area contributed by atoms with E-state index in [1.165, 1.54) is 0 Å². The monoisotopic (exact) mass is 326 g/mol. The maximum Gasteiger partial charge on any atom is 0.187 e. The van der Waals surface area contributed by atoms with Crippen molar-refractivity contribution in [3.05, 3.63) is 71.8 Å². The first-order valence-electron chi connectivity index (χ1n) is 8.43. The predicted molar refractivity (Wildman–Crippen MR) is 89.2 cm³/mol. The third kappa shape index (κ3) is 3.52. The second-order valence-electron chi connectivity index (χ2n) is 6.33. The number of benzene rings is 2. The topological polar surface area (TPSA) is 40.2 Å². The molecule has 2 aliphatic heterocycles. The lowest BCUT2D eigenvalue weighted by atomic mass is 10.0. The van der Waals surface area contributed by atoms with Crippen LogP contribution in [0.2, 0.25) is 0 Å². The van der Waals surface area contributed by atoms with Crippen molar-refractivity contribution in [3.8, 4) is 0 Å². The van der Waals surface area contributed by atoms with Crippen LogP contribution in [0.3, 0.4) is 0 Å². The van der Waals surface area contributed by atoms with Crippen LogP contribution in [-0.4, -0.2) is 30.7 Å². The molecule has 0 bridgehead atoms. The van der Waals surface area contributed by atoms with E-state index < -0.39 is 0 Å². The van der Waals surface area contributed by atoms with Crippen LogP contribution in [0, 0.1) is 0 Å². The molecule has 2 saturated heterocycles. The quantitative estimate of drug-likeness (QED) is 0.764. The Morgan fingerprint density at radius 1 is 0.750 bits per heavy atom. The predicted octanol–water partition coefficient (Wildman–Crippen LogP) is 3.30. The van der Waals surface area contributed by atoms with E-state index in [9.17, 15) is 0 Å². The lowest BCUT2D eigenvalue weighted by molar-refractivity contribution is -0.172. The van der Waals surface area contributed by atoms with Gasteiger partial charge in [-0.25, -0.2) is 0 Å². The molecule has 2 aliphatic rings. The SMILES string of the molecule is C[C@@H]1O[C@@H]2O[C@@H]2[C@H](OCc2ccccc2)[C@H]1OCc1ccccc1. The Balaban J connectivity index is 1.41. The summed E-state index contributed by atoms with van der Waals surface area (Å²) in [5, 5.41) is 0. The van der Waals surface area contributed by atoms with E-state index in [4.69, 9.17) is 18.9 Å². The standard InChI is InChI=1S/C20H22O4/c1-14-17(21-12-15-8-4-2-5-9-15)18(19-20(23-14)24-19)22-13-16-10-6-3-7-11-16/h2-11,14,17-20H,12-13H2,1H3/t14-,17-,18+,19+,20+/m0/s1. The molecule has 126 valence electrons. The summed E-state index contributed by atoms with van der Waals surface area (Å²) < 4.78 is 23.7. The van der Waals surface area contributed by atoms with Gasteiger partial charge in [0.15, 0.2) is 6.29 Å². The van der Waals surface area contributed by atoms with Crippen LogP contribution in [0.4, 0.5) is 0 Å². The minimum atomic E-state index is -0.141. The van der Waals surface area contributed by atoms with Crippen molar-refractivity contribution < 1.29 is 18.9 Å². The molecule has 0 amide bonds. The van der Waals surface area contributed by atoms with E-state index in [2.05, 4.69) is 24.3 Å². The van der Waals surface area contributed by atoms with Gasteiger partial charge in [-0.3, -0.25) is 0 Å². The third-order valence-corrected chi connectivity index (χ3v) is 4.51. The molecule has 4 nitrogen and oxygen atoms in total. The van der Waals surface area contributed by atoms with Crippen LogP contribution >= 0.6 is 0 Å². The fourth-order valence-electron chi connectivity index (χ4n) is 3.15. The van der Waals surface area contributed by atoms with Crippen molar-refractivity contribution in [2.45, 2.75) is 50.8 Å². The van der Waals surface area contributed by atoms with Gasteiger partial charge in [-0.15, -0.1) is 0 Å². The van der Waals surface area contributed by atoms with Crippen molar-refractivity contribution in [1.29, 1.82) is 0 Å². The van der Waals surface area contributed by atoms with Gasteiger partial charge in [0.1, 0.15) is 18.3 Å². The van der Waals surface area contributed by atoms with E-state index in [0.717, 1.165) is 11.1 Å². The second-order valence-corrected chi connectivity index (χ2v) is 6.33. The van der Waals surface area contributed by atoms with Crippen LogP contribution in [0.1, 0.15) is 18.1 Å². The maximum atomic E-state index is 6.16. The van der Waals surface area contributed by atoms with Gasteiger partial charge in [-0.2, -0.15) is 0 Å². The van der Waals surface area contributed by atoms with Crippen LogP contribution in [-0.2, 0) is 32.2 Å². The lowest BCUT2D eigenvalue weighted by Crippen LogP contribution is -2.49. The van der Waals surface area contributed by atoms with Gasteiger partial charge in [0.2, 0.25) is 0 Å². The average molecular weight is 326 g/mol. The van der Waals surface area contributed by atoms with E-state index in [1.54, 1.807) is 0 Å². The van der Waals surface area contributed by atoms with Crippen LogP contribution in [0.15, 0.2) is 60.7 Å². The van der Waals surface area contributed by atoms with Crippen molar-refractivity contribution in [1.82, 2.24) is 0 Å². The normalized spacial score (nSPS) is 31.5. The smallest absolute Gasteiger partial charge is 0.187 e. The molecule has 0 aromatic heterocycles. The first kappa shape index (κ1) is 15.8. The van der Waals surface area contributed by atoms with Gasteiger partial charge in [0, 0.05) is 0 Å². The Morgan fingerprint density at radius 3 is 1.88 bits per heavy atom. The highest BCUT2D eigenvalue weighted by Crippen LogP contribution is 2.39. The van der Waals surface area contributed by atoms with E-state index in [1.807, 2.05) is 43.3 Å². The highest BCUT2D eigenvalue weighted by Gasteiger charge is 2.57. The molecular formula is C20H22O4. The Labute approximate surface area is 142 Å². The number of ether oxygens (including phenoxy) is 4. The largest absolute Gasteiger partial charge is 0.368 e. The van der Waals surface area contributed by atoms with Crippen molar-refractivity contribution in [3.63, 3.8) is 0 Å². The minimum absolute atomic E-state index is 0.0225. The highest BCUT2D eigenvalue weighted by molar-refractivity contribution is 5.15. The summed E-state index contributed by atoms with van der Waals surface area (Å²) in [4.78, 5) is 0. The molecule has 2 aromatic rings. The molecule has 0 radical (unpaired) electrons. The summed E-state index contributed by atoms with van der Waals surface area (Å²) in [6.45, 7) is 3.12. The van der Waals surface area contributed by atoms with Gasteiger partial charge in [0.25, 0.3) is 0 Å². The number of rotatable bonds is 6. The van der Waals surface area contributed by atoms with Gasteiger partial charge in [-0.1, -0.05) is 60.7 Å². The average Bonchev–Trinajstić information content (AvgIpc) is 3.39. The molecule has 0 saturated carbocycles. The molecular weight excluding hydrogens is 304 g/mol. The zero-order chi connectivity index (χ0) is 16.4. The van der Waals surface area contributed by atoms with Gasteiger partial charge in [-0.05, 0) is 18.1 Å². The fraction of sp³-hybridized carbons (Fsp3) is 0.400. The summed E-state index contributed by atoms with van der Waals surface area (Å²) >= 11 is 0. The molecule has 0 aliphatic carbocycles. The summed E-state index contributed by atoms with van der Waals surface area (Å²) in [5.41, 5.74) is 2.29. The molecule has 2 aromatic carbocycles. The Morgan fingerprint density at radius 2 is 1.29 bits per heavy atom. The lowest BCUT2D eigenvalue weighted by Gasteiger charge is -2.33. The van der Waals surface area contributed by atoms with Gasteiger partial charge >= 0.3 is 0 Å². The first-order valence-corrected chi connectivity index (χ1v) is 8.43. The molecule has 24 heavy (non-hydrogen) atoms. The second kappa shape index (κ2) is 7.03. The molecule has 4 rings (SSSR count). The minimum Gasteiger partial charge on any atom is -0.368 e. The van der Waals surface area contributed by atoms with Crippen molar-refractivity contribution in [2.24, 2.45) is 0 Å². The Kier molecular flexibility index (Phi) is 4.63. The molecule has 0 unspecified atom stereocenters. The molecule has 2 fully saturated rings.